The molecule has 17 heavy (non-hydrogen) atoms. The molecule has 6 atom stereocenters. The maximum Gasteiger partial charge on any atom is 0.0941 e. The summed E-state index contributed by atoms with van der Waals surface area (Å²) in [5.41, 5.74) is -0.501. The van der Waals surface area contributed by atoms with Crippen molar-refractivity contribution in [3.8, 4) is 0 Å². The molecule has 0 saturated heterocycles. The molecule has 0 aromatic rings. The Bertz CT molecular complexity index is 347. The molecule has 3 aliphatic carbocycles. The van der Waals surface area contributed by atoms with E-state index in [0.717, 1.165) is 12.8 Å². The van der Waals surface area contributed by atoms with Crippen LogP contribution in [0, 0.1) is 28.6 Å². The fourth-order valence-corrected chi connectivity index (χ4v) is 5.39. The fraction of sp³-hybridized carbons (Fsp3) is 1.00. The molecule has 0 bridgehead atoms. The first kappa shape index (κ1) is 12.0. The number of hydrogen-bond donors (Lipinski definition) is 2. The standard InChI is InChI=1S/C15H26O2/c1-9-7-10-5-6-13(2,3)11-8-15(10,11)14(4,17)12(9)16/h9-12,16-17H,5-8H2,1-4H3/t9-,10?,11-,12-,14-,15+/m0/s1. The molecule has 3 rings (SSSR count). The number of aliphatic hydroxyl groups is 2. The molecule has 0 amide bonds. The van der Waals surface area contributed by atoms with Gasteiger partial charge < -0.3 is 10.2 Å². The SMILES string of the molecule is C[C@H]1CC2CCC(C)(C)[C@@H]3C[C@@]23[C@@](C)(O)[C@H]1O. The fourth-order valence-electron chi connectivity index (χ4n) is 5.39. The van der Waals surface area contributed by atoms with Gasteiger partial charge >= 0.3 is 0 Å². The van der Waals surface area contributed by atoms with E-state index in [2.05, 4.69) is 20.8 Å². The highest BCUT2D eigenvalue weighted by Gasteiger charge is 2.76. The topological polar surface area (TPSA) is 40.5 Å². The Kier molecular flexibility index (Phi) is 2.17. The molecular formula is C15H26O2. The molecule has 3 aliphatic rings. The van der Waals surface area contributed by atoms with Gasteiger partial charge in [-0.1, -0.05) is 20.8 Å². The Labute approximate surface area is 104 Å². The van der Waals surface area contributed by atoms with Gasteiger partial charge in [0.05, 0.1) is 11.7 Å². The van der Waals surface area contributed by atoms with Crippen LogP contribution in [0.1, 0.15) is 53.4 Å². The smallest absolute Gasteiger partial charge is 0.0941 e. The van der Waals surface area contributed by atoms with Gasteiger partial charge in [-0.2, -0.15) is 0 Å². The first-order valence-corrected chi connectivity index (χ1v) is 7.14. The van der Waals surface area contributed by atoms with Crippen LogP contribution in [0.5, 0.6) is 0 Å². The van der Waals surface area contributed by atoms with E-state index in [-0.39, 0.29) is 11.3 Å². The van der Waals surface area contributed by atoms with E-state index >= 15 is 0 Å². The molecule has 2 N–H and O–H groups in total. The molecule has 0 aliphatic heterocycles. The van der Waals surface area contributed by atoms with Crippen LogP contribution in [-0.2, 0) is 0 Å². The minimum Gasteiger partial charge on any atom is -0.390 e. The molecule has 0 heterocycles. The molecule has 2 nitrogen and oxygen atoms in total. The maximum atomic E-state index is 10.9. The summed E-state index contributed by atoms with van der Waals surface area (Å²) in [6.45, 7) is 8.65. The zero-order valence-electron chi connectivity index (χ0n) is 11.5. The van der Waals surface area contributed by atoms with E-state index in [1.807, 2.05) is 6.92 Å². The van der Waals surface area contributed by atoms with E-state index in [1.165, 1.54) is 12.8 Å². The Morgan fingerprint density at radius 3 is 2.47 bits per heavy atom. The lowest BCUT2D eigenvalue weighted by atomic mass is 9.54. The van der Waals surface area contributed by atoms with Crippen molar-refractivity contribution in [2.45, 2.75) is 65.1 Å². The van der Waals surface area contributed by atoms with Crippen LogP contribution >= 0.6 is 0 Å². The molecule has 98 valence electrons. The first-order chi connectivity index (χ1) is 7.73. The summed E-state index contributed by atoms with van der Waals surface area (Å²) in [7, 11) is 0. The van der Waals surface area contributed by atoms with Gasteiger partial charge in [0.1, 0.15) is 0 Å². The predicted molar refractivity (Wildman–Crippen MR) is 67.5 cm³/mol. The zero-order chi connectivity index (χ0) is 12.6. The molecule has 0 aromatic carbocycles. The lowest BCUT2D eigenvalue weighted by Crippen LogP contribution is -2.60. The summed E-state index contributed by atoms with van der Waals surface area (Å²) in [5, 5.41) is 21.2. The summed E-state index contributed by atoms with van der Waals surface area (Å²) in [6.07, 6.45) is 4.20. The van der Waals surface area contributed by atoms with Crippen LogP contribution < -0.4 is 0 Å². The van der Waals surface area contributed by atoms with Crippen LogP contribution in [0.4, 0.5) is 0 Å². The van der Waals surface area contributed by atoms with Crippen molar-refractivity contribution >= 4 is 0 Å². The minimum absolute atomic E-state index is 0.0284. The van der Waals surface area contributed by atoms with Gasteiger partial charge in [-0.25, -0.2) is 0 Å². The van der Waals surface area contributed by atoms with Crippen LogP contribution in [-0.4, -0.2) is 21.9 Å². The van der Waals surface area contributed by atoms with Crippen LogP contribution in [0.2, 0.25) is 0 Å². The van der Waals surface area contributed by atoms with Crippen molar-refractivity contribution in [3.63, 3.8) is 0 Å². The van der Waals surface area contributed by atoms with Gasteiger partial charge in [0.2, 0.25) is 0 Å². The predicted octanol–water partition coefficient (Wildman–Crippen LogP) is 2.58. The Balaban J connectivity index is 2.00. The molecule has 0 radical (unpaired) electrons. The minimum atomic E-state index is -0.877. The zero-order valence-corrected chi connectivity index (χ0v) is 11.5. The third-order valence-corrected chi connectivity index (χ3v) is 6.53. The first-order valence-electron chi connectivity index (χ1n) is 7.14. The van der Waals surface area contributed by atoms with Gasteiger partial charge in [0, 0.05) is 5.41 Å². The van der Waals surface area contributed by atoms with Crippen LogP contribution in [0.3, 0.4) is 0 Å². The van der Waals surface area contributed by atoms with E-state index in [1.54, 1.807) is 0 Å². The second-order valence-electron chi connectivity index (χ2n) is 7.83. The lowest BCUT2D eigenvalue weighted by molar-refractivity contribution is -0.195. The normalized spacial score (nSPS) is 60.4. The van der Waals surface area contributed by atoms with Gasteiger partial charge in [0.15, 0.2) is 0 Å². The van der Waals surface area contributed by atoms with Gasteiger partial charge in [-0.15, -0.1) is 0 Å². The highest BCUT2D eigenvalue weighted by atomic mass is 16.3. The van der Waals surface area contributed by atoms with E-state index < -0.39 is 11.7 Å². The number of hydrogen-bond acceptors (Lipinski definition) is 2. The quantitative estimate of drug-likeness (QED) is 0.681. The molecule has 1 spiro atoms. The summed E-state index contributed by atoms with van der Waals surface area (Å²) >= 11 is 0. The summed E-state index contributed by atoms with van der Waals surface area (Å²) in [4.78, 5) is 0. The van der Waals surface area contributed by atoms with Crippen LogP contribution in [0.25, 0.3) is 0 Å². The van der Waals surface area contributed by atoms with E-state index in [4.69, 9.17) is 0 Å². The maximum absolute atomic E-state index is 10.9. The molecule has 2 heteroatoms. The summed E-state index contributed by atoms with van der Waals surface area (Å²) in [6, 6.07) is 0. The third kappa shape index (κ3) is 1.24. The van der Waals surface area contributed by atoms with Crippen molar-refractivity contribution in [1.82, 2.24) is 0 Å². The third-order valence-electron chi connectivity index (χ3n) is 6.53. The second-order valence-corrected chi connectivity index (χ2v) is 7.83. The van der Waals surface area contributed by atoms with Gasteiger partial charge in [-0.3, -0.25) is 0 Å². The lowest BCUT2D eigenvalue weighted by Gasteiger charge is -2.54. The largest absolute Gasteiger partial charge is 0.390 e. The number of rotatable bonds is 0. The monoisotopic (exact) mass is 238 g/mol. The molecule has 1 unspecified atom stereocenters. The Morgan fingerprint density at radius 2 is 1.82 bits per heavy atom. The van der Waals surface area contributed by atoms with E-state index in [9.17, 15) is 10.2 Å². The van der Waals surface area contributed by atoms with Gasteiger partial charge in [0.25, 0.3) is 0 Å². The second kappa shape index (κ2) is 3.08. The van der Waals surface area contributed by atoms with Crippen molar-refractivity contribution in [1.29, 1.82) is 0 Å². The molecule has 3 fully saturated rings. The van der Waals surface area contributed by atoms with Crippen molar-refractivity contribution in [2.24, 2.45) is 28.6 Å². The average molecular weight is 238 g/mol. The summed E-state index contributed by atoms with van der Waals surface area (Å²) in [5.74, 6) is 1.49. The van der Waals surface area contributed by atoms with Crippen molar-refractivity contribution in [2.75, 3.05) is 0 Å². The number of aliphatic hydroxyl groups excluding tert-OH is 1. The molecular weight excluding hydrogens is 212 g/mol. The highest BCUT2D eigenvalue weighted by molar-refractivity contribution is 5.25. The average Bonchev–Trinajstić information content (AvgIpc) is 2.97. The van der Waals surface area contributed by atoms with Gasteiger partial charge in [-0.05, 0) is 55.8 Å². The Morgan fingerprint density at radius 1 is 1.18 bits per heavy atom. The van der Waals surface area contributed by atoms with Crippen molar-refractivity contribution in [3.05, 3.63) is 0 Å². The van der Waals surface area contributed by atoms with Crippen molar-refractivity contribution < 1.29 is 10.2 Å². The molecule has 3 saturated carbocycles. The summed E-state index contributed by atoms with van der Waals surface area (Å²) < 4.78 is 0. The highest BCUT2D eigenvalue weighted by Crippen LogP contribution is 2.77. The molecule has 0 aromatic heterocycles. The van der Waals surface area contributed by atoms with Crippen LogP contribution in [0.15, 0.2) is 0 Å². The Hall–Kier alpha value is -0.0800. The van der Waals surface area contributed by atoms with E-state index in [0.29, 0.717) is 17.3 Å².